The normalized spacial score (nSPS) is 21.8. The third kappa shape index (κ3) is 2.81. The Kier molecular flexibility index (Phi) is 4.03. The molecule has 4 heterocycles. The first-order valence-corrected chi connectivity index (χ1v) is 9.46. The number of hydrogen-bond acceptors (Lipinski definition) is 5. The molecular formula is C20H20N6O2. The van der Waals surface area contributed by atoms with Gasteiger partial charge in [-0.3, -0.25) is 9.59 Å². The summed E-state index contributed by atoms with van der Waals surface area (Å²) in [5.41, 5.74) is 1.93. The van der Waals surface area contributed by atoms with Crippen LogP contribution in [0, 0.1) is 5.92 Å². The van der Waals surface area contributed by atoms with Crippen LogP contribution in [0.25, 0.3) is 0 Å². The summed E-state index contributed by atoms with van der Waals surface area (Å²) in [5, 5.41) is 11.4. The second kappa shape index (κ2) is 6.70. The van der Waals surface area contributed by atoms with Crippen molar-refractivity contribution in [3.63, 3.8) is 0 Å². The molecule has 3 atom stereocenters. The number of pyridine rings is 1. The summed E-state index contributed by atoms with van der Waals surface area (Å²) in [6.45, 7) is 1.90. The molecule has 5 rings (SSSR count). The molecule has 2 aliphatic rings. The van der Waals surface area contributed by atoms with Crippen molar-refractivity contribution in [2.24, 2.45) is 5.92 Å². The number of aromatic nitrogens is 5. The van der Waals surface area contributed by atoms with Crippen LogP contribution in [0.5, 0.6) is 0 Å². The molecule has 8 heteroatoms. The van der Waals surface area contributed by atoms with E-state index in [1.807, 2.05) is 51.9 Å². The van der Waals surface area contributed by atoms with Gasteiger partial charge in [0.05, 0.1) is 0 Å². The van der Waals surface area contributed by atoms with E-state index in [-0.39, 0.29) is 23.3 Å². The van der Waals surface area contributed by atoms with Crippen LogP contribution in [0.1, 0.15) is 29.6 Å². The number of benzene rings is 1. The van der Waals surface area contributed by atoms with E-state index in [4.69, 9.17) is 0 Å². The third-order valence-corrected chi connectivity index (χ3v) is 5.77. The molecule has 0 N–H and O–H groups in total. The molecule has 2 aromatic heterocycles. The molecule has 0 radical (unpaired) electrons. The summed E-state index contributed by atoms with van der Waals surface area (Å²) in [4.78, 5) is 27.7. The number of nitrogens with zero attached hydrogens (tertiary/aromatic N) is 6. The Morgan fingerprint density at radius 2 is 1.89 bits per heavy atom. The number of amides is 1. The van der Waals surface area contributed by atoms with Crippen LogP contribution in [-0.2, 0) is 11.3 Å². The number of carbonyl (C=O) groups is 1. The molecule has 3 aromatic rings. The molecule has 8 nitrogen and oxygen atoms in total. The van der Waals surface area contributed by atoms with E-state index in [2.05, 4.69) is 15.5 Å². The first-order chi connectivity index (χ1) is 13.7. The predicted molar refractivity (Wildman–Crippen MR) is 101 cm³/mol. The molecule has 1 fully saturated rings. The van der Waals surface area contributed by atoms with Gasteiger partial charge in [0.15, 0.2) is 6.04 Å². The predicted octanol–water partition coefficient (Wildman–Crippen LogP) is 1.07. The highest BCUT2D eigenvalue weighted by atomic mass is 16.2. The number of likely N-dealkylation sites (tertiary alicyclic amines) is 1. The van der Waals surface area contributed by atoms with Crippen LogP contribution in [0.15, 0.2) is 59.7 Å². The lowest BCUT2D eigenvalue weighted by atomic mass is 9.82. The van der Waals surface area contributed by atoms with E-state index in [1.54, 1.807) is 6.07 Å². The lowest BCUT2D eigenvalue weighted by Crippen LogP contribution is -2.51. The van der Waals surface area contributed by atoms with Crippen LogP contribution >= 0.6 is 0 Å². The fourth-order valence-corrected chi connectivity index (χ4v) is 4.58. The van der Waals surface area contributed by atoms with Crippen molar-refractivity contribution in [1.29, 1.82) is 0 Å². The van der Waals surface area contributed by atoms with Gasteiger partial charge in [0.2, 0.25) is 0 Å². The van der Waals surface area contributed by atoms with Gasteiger partial charge < -0.3 is 9.47 Å². The van der Waals surface area contributed by atoms with Crippen molar-refractivity contribution in [1.82, 2.24) is 29.7 Å². The molecule has 0 aliphatic carbocycles. The largest absolute Gasteiger partial charge is 0.340 e. The molecule has 0 spiro atoms. The second-order valence-corrected chi connectivity index (χ2v) is 7.54. The van der Waals surface area contributed by atoms with Crippen molar-refractivity contribution >= 4 is 5.91 Å². The maximum absolute atomic E-state index is 13.5. The SMILES string of the molecule is O=C([C@H](c1ccccc1)n1cnnn1)N1CC2CC(C1)c1cccc(=O)n1C2. The Hall–Kier alpha value is -3.29. The van der Waals surface area contributed by atoms with Crippen molar-refractivity contribution in [2.45, 2.75) is 24.9 Å². The van der Waals surface area contributed by atoms with Crippen molar-refractivity contribution in [3.05, 3.63) is 76.5 Å². The highest BCUT2D eigenvalue weighted by molar-refractivity contribution is 5.83. The van der Waals surface area contributed by atoms with Gasteiger partial charge in [-0.2, -0.15) is 0 Å². The summed E-state index contributed by atoms with van der Waals surface area (Å²) in [5.74, 6) is 0.441. The number of fused-ring (bicyclic) bond motifs is 4. The maximum Gasteiger partial charge on any atom is 0.252 e. The zero-order valence-corrected chi connectivity index (χ0v) is 15.3. The first kappa shape index (κ1) is 16.9. The summed E-state index contributed by atoms with van der Waals surface area (Å²) >= 11 is 0. The van der Waals surface area contributed by atoms with Gasteiger partial charge in [0.25, 0.3) is 11.5 Å². The van der Waals surface area contributed by atoms with E-state index in [1.165, 1.54) is 11.0 Å². The number of rotatable bonds is 3. The molecule has 2 aliphatic heterocycles. The third-order valence-electron chi connectivity index (χ3n) is 5.77. The van der Waals surface area contributed by atoms with Crippen LogP contribution in [-0.4, -0.2) is 48.7 Å². The lowest BCUT2D eigenvalue weighted by molar-refractivity contribution is -0.136. The Balaban J connectivity index is 1.48. The minimum absolute atomic E-state index is 0.0140. The van der Waals surface area contributed by atoms with Crippen LogP contribution in [0.3, 0.4) is 0 Å². The average Bonchev–Trinajstić information content (AvgIpc) is 3.24. The van der Waals surface area contributed by atoms with E-state index < -0.39 is 6.04 Å². The van der Waals surface area contributed by atoms with Crippen molar-refractivity contribution in [2.75, 3.05) is 13.1 Å². The highest BCUT2D eigenvalue weighted by Gasteiger charge is 2.39. The second-order valence-electron chi connectivity index (χ2n) is 7.54. The molecule has 142 valence electrons. The molecule has 2 unspecified atom stereocenters. The van der Waals surface area contributed by atoms with Crippen molar-refractivity contribution < 1.29 is 4.79 Å². The number of carbonyl (C=O) groups excluding carboxylic acids is 1. The quantitative estimate of drug-likeness (QED) is 0.683. The first-order valence-electron chi connectivity index (χ1n) is 9.46. The van der Waals surface area contributed by atoms with Crippen molar-refractivity contribution in [3.8, 4) is 0 Å². The van der Waals surface area contributed by atoms with Crippen LogP contribution < -0.4 is 5.56 Å². The van der Waals surface area contributed by atoms with Gasteiger partial charge in [-0.05, 0) is 34.4 Å². The van der Waals surface area contributed by atoms with Gasteiger partial charge in [0, 0.05) is 37.3 Å². The number of tetrazole rings is 1. The fourth-order valence-electron chi connectivity index (χ4n) is 4.58. The van der Waals surface area contributed by atoms with Gasteiger partial charge >= 0.3 is 0 Å². The van der Waals surface area contributed by atoms with Gasteiger partial charge in [-0.15, -0.1) is 5.10 Å². The molecule has 1 saturated heterocycles. The number of hydrogen-bond donors (Lipinski definition) is 0. The smallest absolute Gasteiger partial charge is 0.252 e. The van der Waals surface area contributed by atoms with E-state index >= 15 is 0 Å². The molecular weight excluding hydrogens is 356 g/mol. The van der Waals surface area contributed by atoms with Crippen LogP contribution in [0.2, 0.25) is 0 Å². The minimum atomic E-state index is -0.590. The summed E-state index contributed by atoms with van der Waals surface area (Å²) < 4.78 is 3.39. The van der Waals surface area contributed by atoms with Gasteiger partial charge in [-0.1, -0.05) is 36.4 Å². The zero-order valence-electron chi connectivity index (χ0n) is 15.3. The Morgan fingerprint density at radius 3 is 2.68 bits per heavy atom. The maximum atomic E-state index is 13.5. The van der Waals surface area contributed by atoms with Gasteiger partial charge in [-0.25, -0.2) is 4.68 Å². The summed E-state index contributed by atoms with van der Waals surface area (Å²) in [6.07, 6.45) is 2.49. The van der Waals surface area contributed by atoms with Gasteiger partial charge in [0.1, 0.15) is 6.33 Å². The minimum Gasteiger partial charge on any atom is -0.340 e. The average molecular weight is 376 g/mol. The molecule has 28 heavy (non-hydrogen) atoms. The molecule has 0 saturated carbocycles. The molecule has 1 amide bonds. The summed E-state index contributed by atoms with van der Waals surface area (Å²) in [6, 6.07) is 14.4. The van der Waals surface area contributed by atoms with Crippen LogP contribution in [0.4, 0.5) is 0 Å². The molecule has 1 aromatic carbocycles. The standard InChI is InChI=1S/C20H20N6O2/c27-18-8-4-7-17-16-9-14(11-25(17)18)10-24(12-16)20(28)19(26-13-21-22-23-26)15-5-2-1-3-6-15/h1-8,13-14,16,19H,9-12H2/t14?,16?,19-/m0/s1. The topological polar surface area (TPSA) is 85.9 Å². The number of piperidine rings is 1. The highest BCUT2D eigenvalue weighted by Crippen LogP contribution is 2.36. The Morgan fingerprint density at radius 1 is 1.04 bits per heavy atom. The van der Waals surface area contributed by atoms with E-state index in [0.29, 0.717) is 19.6 Å². The Bertz CT molecular complexity index is 1050. The van der Waals surface area contributed by atoms with E-state index in [9.17, 15) is 9.59 Å². The lowest BCUT2D eigenvalue weighted by Gasteiger charge is -2.43. The molecule has 2 bridgehead atoms. The monoisotopic (exact) mass is 376 g/mol. The zero-order chi connectivity index (χ0) is 19.1. The summed E-state index contributed by atoms with van der Waals surface area (Å²) in [7, 11) is 0. The fraction of sp³-hybridized carbons (Fsp3) is 0.350. The van der Waals surface area contributed by atoms with E-state index in [0.717, 1.165) is 17.7 Å². The Labute approximate surface area is 161 Å².